The molecule has 0 aliphatic rings. The lowest BCUT2D eigenvalue weighted by atomic mass is 10.1. The Balaban J connectivity index is 1.65. The van der Waals surface area contributed by atoms with Crippen LogP contribution in [0.15, 0.2) is 117 Å². The van der Waals surface area contributed by atoms with Gasteiger partial charge in [-0.05, 0) is 70.8 Å². The lowest BCUT2D eigenvalue weighted by molar-refractivity contribution is 0.673. The predicted molar refractivity (Wildman–Crippen MR) is 133 cm³/mol. The van der Waals surface area contributed by atoms with E-state index in [1.165, 1.54) is 0 Å². The first-order chi connectivity index (χ1) is 15.5. The third-order valence-electron chi connectivity index (χ3n) is 5.75. The van der Waals surface area contributed by atoms with Crippen LogP contribution >= 0.6 is 0 Å². The SMILES string of the molecule is Cc1ccc(C)c(S(=O)c2ccc3ccccc3c2)c1S(=O)c1ccc2ccccc2c1. The molecular weight excluding hydrogens is 432 g/mol. The van der Waals surface area contributed by atoms with Crippen LogP contribution in [-0.2, 0) is 21.6 Å². The number of benzene rings is 5. The van der Waals surface area contributed by atoms with Gasteiger partial charge in [0.1, 0.15) is 0 Å². The van der Waals surface area contributed by atoms with Crippen LogP contribution in [0.3, 0.4) is 0 Å². The van der Waals surface area contributed by atoms with Gasteiger partial charge in [-0.25, -0.2) is 8.42 Å². The highest BCUT2D eigenvalue weighted by atomic mass is 32.2. The first-order valence-electron chi connectivity index (χ1n) is 10.4. The molecular formula is C28H22O2S2. The summed E-state index contributed by atoms with van der Waals surface area (Å²) in [5.41, 5.74) is 1.76. The standard InChI is InChI=1S/C28H22O2S2/c1-19-11-12-20(2)28(32(30)26-16-14-22-8-4-6-10-24(22)18-26)27(19)31(29)25-15-13-21-7-3-5-9-23(21)17-25/h3-18H,1-2H3. The van der Waals surface area contributed by atoms with Gasteiger partial charge in [0, 0.05) is 9.79 Å². The second kappa shape index (κ2) is 8.45. The number of aryl methyl sites for hydroxylation is 2. The van der Waals surface area contributed by atoms with Crippen LogP contribution in [0.5, 0.6) is 0 Å². The van der Waals surface area contributed by atoms with Crippen molar-refractivity contribution in [1.29, 1.82) is 0 Å². The van der Waals surface area contributed by atoms with E-state index in [4.69, 9.17) is 0 Å². The second-order valence-electron chi connectivity index (χ2n) is 7.91. The minimum absolute atomic E-state index is 0.645. The van der Waals surface area contributed by atoms with Crippen LogP contribution in [0.1, 0.15) is 11.1 Å². The molecule has 0 saturated heterocycles. The summed E-state index contributed by atoms with van der Waals surface area (Å²) in [5.74, 6) is 0. The summed E-state index contributed by atoms with van der Waals surface area (Å²) in [6, 6.07) is 31.7. The van der Waals surface area contributed by atoms with Crippen molar-refractivity contribution in [3.63, 3.8) is 0 Å². The quantitative estimate of drug-likeness (QED) is 0.295. The summed E-state index contributed by atoms with van der Waals surface area (Å²) >= 11 is 0. The number of hydrogen-bond acceptors (Lipinski definition) is 2. The molecule has 0 aliphatic heterocycles. The molecule has 0 aliphatic carbocycles. The van der Waals surface area contributed by atoms with Gasteiger partial charge >= 0.3 is 0 Å². The molecule has 32 heavy (non-hydrogen) atoms. The smallest absolute Gasteiger partial charge is 0.0865 e. The van der Waals surface area contributed by atoms with Crippen LogP contribution in [0.2, 0.25) is 0 Å². The van der Waals surface area contributed by atoms with Crippen LogP contribution < -0.4 is 0 Å². The molecule has 5 aromatic carbocycles. The molecule has 0 heterocycles. The molecule has 0 fully saturated rings. The summed E-state index contributed by atoms with van der Waals surface area (Å²) in [6.45, 7) is 3.88. The molecule has 0 spiro atoms. The Hall–Kier alpha value is -3.08. The lowest BCUT2D eigenvalue weighted by Gasteiger charge is -2.16. The average Bonchev–Trinajstić information content (AvgIpc) is 2.83. The molecule has 0 aromatic heterocycles. The van der Waals surface area contributed by atoms with Crippen LogP contribution in [0.4, 0.5) is 0 Å². The van der Waals surface area contributed by atoms with Crippen molar-refractivity contribution in [1.82, 2.24) is 0 Å². The summed E-state index contributed by atoms with van der Waals surface area (Å²) in [6.07, 6.45) is 0. The van der Waals surface area contributed by atoms with Crippen molar-refractivity contribution < 1.29 is 8.42 Å². The van der Waals surface area contributed by atoms with Gasteiger partial charge in [0.25, 0.3) is 0 Å². The highest BCUT2D eigenvalue weighted by molar-refractivity contribution is 7.88. The van der Waals surface area contributed by atoms with Crippen LogP contribution in [-0.4, -0.2) is 8.42 Å². The minimum Gasteiger partial charge on any atom is -0.249 e. The fraction of sp³-hybridized carbons (Fsp3) is 0.0714. The maximum absolute atomic E-state index is 13.8. The van der Waals surface area contributed by atoms with E-state index < -0.39 is 21.6 Å². The number of hydrogen-bond donors (Lipinski definition) is 0. The fourth-order valence-corrected chi connectivity index (χ4v) is 7.18. The van der Waals surface area contributed by atoms with Gasteiger partial charge in [-0.3, -0.25) is 0 Å². The van der Waals surface area contributed by atoms with E-state index in [2.05, 4.69) is 0 Å². The molecule has 0 saturated carbocycles. The first-order valence-corrected chi connectivity index (χ1v) is 12.7. The lowest BCUT2D eigenvalue weighted by Crippen LogP contribution is -2.06. The number of fused-ring (bicyclic) bond motifs is 2. The molecule has 0 bridgehead atoms. The Morgan fingerprint density at radius 3 is 1.25 bits per heavy atom. The van der Waals surface area contributed by atoms with E-state index in [9.17, 15) is 8.42 Å². The third-order valence-corrected chi connectivity index (χ3v) is 9.03. The third kappa shape index (κ3) is 3.70. The fourth-order valence-electron chi connectivity index (χ4n) is 4.02. The van der Waals surface area contributed by atoms with Crippen LogP contribution in [0.25, 0.3) is 21.5 Å². The Morgan fingerprint density at radius 1 is 0.469 bits per heavy atom. The van der Waals surface area contributed by atoms with Crippen LogP contribution in [0, 0.1) is 13.8 Å². The largest absolute Gasteiger partial charge is 0.249 e. The van der Waals surface area contributed by atoms with Gasteiger partial charge in [-0.15, -0.1) is 0 Å². The topological polar surface area (TPSA) is 34.1 Å². The average molecular weight is 455 g/mol. The maximum Gasteiger partial charge on any atom is 0.0865 e. The van der Waals surface area contributed by atoms with Crippen molar-refractivity contribution >= 4 is 43.1 Å². The number of rotatable bonds is 4. The zero-order valence-electron chi connectivity index (χ0n) is 17.9. The minimum atomic E-state index is -1.45. The summed E-state index contributed by atoms with van der Waals surface area (Å²) in [7, 11) is -2.90. The monoisotopic (exact) mass is 454 g/mol. The van der Waals surface area contributed by atoms with Gasteiger partial charge in [-0.1, -0.05) is 72.8 Å². The summed E-state index contributed by atoms with van der Waals surface area (Å²) in [5, 5.41) is 4.30. The first kappa shape index (κ1) is 20.8. The second-order valence-corrected chi connectivity index (χ2v) is 10.7. The molecule has 0 N–H and O–H groups in total. The van der Waals surface area contributed by atoms with Gasteiger partial charge in [0.05, 0.1) is 31.4 Å². The molecule has 5 aromatic rings. The van der Waals surface area contributed by atoms with E-state index >= 15 is 0 Å². The molecule has 2 nitrogen and oxygen atoms in total. The van der Waals surface area contributed by atoms with Gasteiger partial charge in [-0.2, -0.15) is 0 Å². The Morgan fingerprint density at radius 2 is 0.844 bits per heavy atom. The molecule has 158 valence electrons. The van der Waals surface area contributed by atoms with E-state index in [1.54, 1.807) is 0 Å². The molecule has 2 atom stereocenters. The summed E-state index contributed by atoms with van der Waals surface area (Å²) < 4.78 is 27.6. The molecule has 2 unspecified atom stereocenters. The Labute approximate surface area is 192 Å². The van der Waals surface area contributed by atoms with Gasteiger partial charge in [0.2, 0.25) is 0 Å². The molecule has 4 heteroatoms. The van der Waals surface area contributed by atoms with Gasteiger partial charge < -0.3 is 0 Å². The van der Waals surface area contributed by atoms with Crippen molar-refractivity contribution in [2.24, 2.45) is 0 Å². The highest BCUT2D eigenvalue weighted by Gasteiger charge is 2.22. The predicted octanol–water partition coefficient (Wildman–Crippen LogP) is 6.94. The Bertz CT molecular complexity index is 1420. The molecule has 0 amide bonds. The highest BCUT2D eigenvalue weighted by Crippen LogP contribution is 2.33. The van der Waals surface area contributed by atoms with Crippen molar-refractivity contribution in [2.45, 2.75) is 33.4 Å². The summed E-state index contributed by atoms with van der Waals surface area (Å²) in [4.78, 5) is 2.72. The van der Waals surface area contributed by atoms with E-state index in [0.29, 0.717) is 19.6 Å². The van der Waals surface area contributed by atoms with E-state index in [1.807, 2.05) is 111 Å². The zero-order valence-corrected chi connectivity index (χ0v) is 19.5. The normalized spacial score (nSPS) is 13.3. The van der Waals surface area contributed by atoms with Crippen molar-refractivity contribution in [3.8, 4) is 0 Å². The maximum atomic E-state index is 13.8. The van der Waals surface area contributed by atoms with Gasteiger partial charge in [0.15, 0.2) is 0 Å². The van der Waals surface area contributed by atoms with E-state index in [-0.39, 0.29) is 0 Å². The Kier molecular flexibility index (Phi) is 5.50. The van der Waals surface area contributed by atoms with E-state index in [0.717, 1.165) is 32.7 Å². The van der Waals surface area contributed by atoms with Crippen molar-refractivity contribution in [3.05, 3.63) is 108 Å². The van der Waals surface area contributed by atoms with Crippen molar-refractivity contribution in [2.75, 3.05) is 0 Å². The molecule has 5 rings (SSSR count). The molecule has 0 radical (unpaired) electrons. The zero-order chi connectivity index (χ0) is 22.2.